The van der Waals surface area contributed by atoms with Crippen molar-refractivity contribution in [3.8, 4) is 0 Å². The molecule has 0 saturated carbocycles. The standard InChI is InChI=1S/C20H29N3O2.ClH/c1-15(17-6-3-9-21-14-17)11-19(24)22-13-16-5-2-7-18(12-16)23-10-4-8-20(23)25;/h2,5,7,12,15,17,21H,3-4,6,8-11,13-14H2,1H3,(H,22,24);1H. The zero-order chi connectivity index (χ0) is 17.6. The molecule has 26 heavy (non-hydrogen) atoms. The number of carbonyl (C=O) groups is 2. The van der Waals surface area contributed by atoms with Gasteiger partial charge in [0.15, 0.2) is 0 Å². The maximum absolute atomic E-state index is 12.3. The Morgan fingerprint density at radius 2 is 2.23 bits per heavy atom. The fraction of sp³-hybridized carbons (Fsp3) is 0.600. The van der Waals surface area contributed by atoms with Crippen LogP contribution in [-0.4, -0.2) is 31.4 Å². The smallest absolute Gasteiger partial charge is 0.227 e. The SMILES string of the molecule is CC(CC(=O)NCc1cccc(N2CCCC2=O)c1)C1CCCNC1.Cl. The van der Waals surface area contributed by atoms with Crippen molar-refractivity contribution in [2.75, 3.05) is 24.5 Å². The van der Waals surface area contributed by atoms with E-state index >= 15 is 0 Å². The third-order valence-electron chi connectivity index (χ3n) is 5.43. The number of amides is 2. The minimum atomic E-state index is 0. The Kier molecular flexibility index (Phi) is 7.91. The monoisotopic (exact) mass is 379 g/mol. The molecule has 2 aliphatic heterocycles. The molecule has 0 aromatic heterocycles. The van der Waals surface area contributed by atoms with E-state index in [0.717, 1.165) is 37.3 Å². The lowest BCUT2D eigenvalue weighted by Crippen LogP contribution is -2.35. The molecule has 5 nitrogen and oxygen atoms in total. The molecule has 2 atom stereocenters. The zero-order valence-electron chi connectivity index (χ0n) is 15.5. The number of hydrogen-bond acceptors (Lipinski definition) is 3. The van der Waals surface area contributed by atoms with Gasteiger partial charge in [0.2, 0.25) is 11.8 Å². The van der Waals surface area contributed by atoms with Crippen LogP contribution in [-0.2, 0) is 16.1 Å². The second kappa shape index (κ2) is 9.93. The molecular formula is C20H30ClN3O2. The number of anilines is 1. The lowest BCUT2D eigenvalue weighted by atomic mass is 9.85. The van der Waals surface area contributed by atoms with Crippen LogP contribution in [0, 0.1) is 11.8 Å². The molecule has 1 aromatic rings. The van der Waals surface area contributed by atoms with Crippen molar-refractivity contribution in [2.24, 2.45) is 11.8 Å². The number of benzene rings is 1. The van der Waals surface area contributed by atoms with Gasteiger partial charge in [-0.25, -0.2) is 0 Å². The Morgan fingerprint density at radius 3 is 2.92 bits per heavy atom. The molecule has 2 amide bonds. The number of nitrogens with zero attached hydrogens (tertiary/aromatic N) is 1. The second-order valence-corrected chi connectivity index (χ2v) is 7.38. The van der Waals surface area contributed by atoms with Gasteiger partial charge in [0.25, 0.3) is 0 Å². The van der Waals surface area contributed by atoms with Crippen LogP contribution < -0.4 is 15.5 Å². The Morgan fingerprint density at radius 1 is 1.38 bits per heavy atom. The van der Waals surface area contributed by atoms with Crippen molar-refractivity contribution >= 4 is 29.9 Å². The van der Waals surface area contributed by atoms with E-state index in [4.69, 9.17) is 0 Å². The molecule has 0 radical (unpaired) electrons. The molecule has 2 unspecified atom stereocenters. The number of carbonyl (C=O) groups excluding carboxylic acids is 2. The quantitative estimate of drug-likeness (QED) is 0.798. The van der Waals surface area contributed by atoms with Gasteiger partial charge in [-0.1, -0.05) is 19.1 Å². The highest BCUT2D eigenvalue weighted by Gasteiger charge is 2.23. The summed E-state index contributed by atoms with van der Waals surface area (Å²) in [5.74, 6) is 1.31. The summed E-state index contributed by atoms with van der Waals surface area (Å²) in [4.78, 5) is 26.0. The maximum atomic E-state index is 12.3. The number of nitrogens with one attached hydrogen (secondary N) is 2. The highest BCUT2D eigenvalue weighted by atomic mass is 35.5. The van der Waals surface area contributed by atoms with Crippen LogP contribution in [0.2, 0.25) is 0 Å². The molecule has 3 rings (SSSR count). The van der Waals surface area contributed by atoms with Crippen LogP contribution in [0.4, 0.5) is 5.69 Å². The molecule has 144 valence electrons. The predicted molar refractivity (Wildman–Crippen MR) is 106 cm³/mol. The first-order valence-corrected chi connectivity index (χ1v) is 9.50. The Hall–Kier alpha value is -1.59. The summed E-state index contributed by atoms with van der Waals surface area (Å²) in [5.41, 5.74) is 1.98. The van der Waals surface area contributed by atoms with Gasteiger partial charge in [-0.15, -0.1) is 12.4 Å². The highest BCUT2D eigenvalue weighted by Crippen LogP contribution is 2.23. The van der Waals surface area contributed by atoms with Crippen molar-refractivity contribution in [3.05, 3.63) is 29.8 Å². The first-order chi connectivity index (χ1) is 12.1. The first-order valence-electron chi connectivity index (χ1n) is 9.50. The van der Waals surface area contributed by atoms with E-state index in [1.807, 2.05) is 29.2 Å². The topological polar surface area (TPSA) is 61.4 Å². The molecule has 0 aliphatic carbocycles. The van der Waals surface area contributed by atoms with Crippen LogP contribution >= 0.6 is 12.4 Å². The summed E-state index contributed by atoms with van der Waals surface area (Å²) in [6, 6.07) is 7.93. The lowest BCUT2D eigenvalue weighted by Gasteiger charge is -2.28. The van der Waals surface area contributed by atoms with Gasteiger partial charge in [-0.3, -0.25) is 9.59 Å². The molecule has 2 fully saturated rings. The Bertz CT molecular complexity index is 617. The Balaban J connectivity index is 0.00000243. The van der Waals surface area contributed by atoms with Gasteiger partial charge in [-0.2, -0.15) is 0 Å². The summed E-state index contributed by atoms with van der Waals surface area (Å²) in [5, 5.41) is 6.45. The summed E-state index contributed by atoms with van der Waals surface area (Å²) in [6.07, 6.45) is 4.56. The van der Waals surface area contributed by atoms with Crippen LogP contribution in [0.3, 0.4) is 0 Å². The van der Waals surface area contributed by atoms with E-state index in [9.17, 15) is 9.59 Å². The third-order valence-corrected chi connectivity index (χ3v) is 5.43. The fourth-order valence-electron chi connectivity index (χ4n) is 3.85. The largest absolute Gasteiger partial charge is 0.352 e. The average Bonchev–Trinajstić information content (AvgIpc) is 3.07. The van der Waals surface area contributed by atoms with E-state index in [0.29, 0.717) is 31.2 Å². The molecule has 0 spiro atoms. The van der Waals surface area contributed by atoms with Gasteiger partial charge < -0.3 is 15.5 Å². The van der Waals surface area contributed by atoms with Gasteiger partial charge >= 0.3 is 0 Å². The minimum Gasteiger partial charge on any atom is -0.352 e. The summed E-state index contributed by atoms with van der Waals surface area (Å²) < 4.78 is 0. The molecule has 2 aliphatic rings. The van der Waals surface area contributed by atoms with Gasteiger partial charge in [0.1, 0.15) is 0 Å². The lowest BCUT2D eigenvalue weighted by molar-refractivity contribution is -0.122. The zero-order valence-corrected chi connectivity index (χ0v) is 16.3. The highest BCUT2D eigenvalue weighted by molar-refractivity contribution is 5.95. The third kappa shape index (κ3) is 5.45. The summed E-state index contributed by atoms with van der Waals surface area (Å²) in [6.45, 7) is 5.62. The van der Waals surface area contributed by atoms with E-state index < -0.39 is 0 Å². The number of hydrogen-bond donors (Lipinski definition) is 2. The Labute approximate surface area is 162 Å². The van der Waals surface area contributed by atoms with E-state index in [-0.39, 0.29) is 24.2 Å². The number of halogens is 1. The van der Waals surface area contributed by atoms with Gasteiger partial charge in [0.05, 0.1) is 0 Å². The minimum absolute atomic E-state index is 0. The van der Waals surface area contributed by atoms with E-state index in [1.54, 1.807) is 0 Å². The van der Waals surface area contributed by atoms with Crippen LogP contribution in [0.1, 0.15) is 44.6 Å². The van der Waals surface area contributed by atoms with Crippen molar-refractivity contribution < 1.29 is 9.59 Å². The first kappa shape index (κ1) is 20.7. The number of rotatable bonds is 6. The van der Waals surface area contributed by atoms with Crippen LogP contribution in [0.25, 0.3) is 0 Å². The molecule has 1 aromatic carbocycles. The van der Waals surface area contributed by atoms with Crippen molar-refractivity contribution in [2.45, 2.75) is 45.6 Å². The van der Waals surface area contributed by atoms with Gasteiger partial charge in [-0.05, 0) is 61.9 Å². The molecule has 0 bridgehead atoms. The second-order valence-electron chi connectivity index (χ2n) is 7.38. The number of piperidine rings is 1. The van der Waals surface area contributed by atoms with Crippen molar-refractivity contribution in [1.29, 1.82) is 0 Å². The molecular weight excluding hydrogens is 350 g/mol. The van der Waals surface area contributed by atoms with E-state index in [1.165, 1.54) is 12.8 Å². The van der Waals surface area contributed by atoms with Crippen LogP contribution in [0.5, 0.6) is 0 Å². The van der Waals surface area contributed by atoms with E-state index in [2.05, 4.69) is 17.6 Å². The molecule has 6 heteroatoms. The maximum Gasteiger partial charge on any atom is 0.227 e. The molecule has 2 heterocycles. The summed E-state index contributed by atoms with van der Waals surface area (Å²) in [7, 11) is 0. The van der Waals surface area contributed by atoms with Crippen molar-refractivity contribution in [1.82, 2.24) is 10.6 Å². The summed E-state index contributed by atoms with van der Waals surface area (Å²) >= 11 is 0. The predicted octanol–water partition coefficient (Wildman–Crippen LogP) is 2.88. The van der Waals surface area contributed by atoms with Crippen LogP contribution in [0.15, 0.2) is 24.3 Å². The molecule has 2 saturated heterocycles. The average molecular weight is 380 g/mol. The van der Waals surface area contributed by atoms with Crippen molar-refractivity contribution in [3.63, 3.8) is 0 Å². The normalized spacial score (nSPS) is 21.2. The fourth-order valence-corrected chi connectivity index (χ4v) is 3.85. The molecule has 2 N–H and O–H groups in total. The van der Waals surface area contributed by atoms with Gasteiger partial charge in [0, 0.05) is 31.6 Å².